The molecule has 0 bridgehead atoms. The van der Waals surface area contributed by atoms with E-state index in [0.29, 0.717) is 11.1 Å². The van der Waals surface area contributed by atoms with Crippen LogP contribution in [0.2, 0.25) is 0 Å². The lowest BCUT2D eigenvalue weighted by Gasteiger charge is -2.06. The van der Waals surface area contributed by atoms with E-state index in [2.05, 4.69) is 0 Å². The number of esters is 1. The Bertz CT molecular complexity index is 648. The Morgan fingerprint density at radius 3 is 2.71 bits per heavy atom. The van der Waals surface area contributed by atoms with Crippen LogP contribution in [0.15, 0.2) is 27.4 Å². The van der Waals surface area contributed by atoms with Crippen LogP contribution in [0, 0.1) is 6.92 Å². The molecular formula is C12H10O5. The first-order valence-electron chi connectivity index (χ1n) is 4.93. The second-order valence-corrected chi connectivity index (χ2v) is 3.65. The average Bonchev–Trinajstić information content (AvgIpc) is 2.13. The van der Waals surface area contributed by atoms with E-state index >= 15 is 0 Å². The van der Waals surface area contributed by atoms with E-state index in [1.54, 1.807) is 13.0 Å². The van der Waals surface area contributed by atoms with E-state index in [1.165, 1.54) is 19.1 Å². The van der Waals surface area contributed by atoms with Crippen molar-refractivity contribution in [3.8, 4) is 11.5 Å². The van der Waals surface area contributed by atoms with Crippen molar-refractivity contribution in [3.05, 3.63) is 34.4 Å². The van der Waals surface area contributed by atoms with Crippen LogP contribution in [0.4, 0.5) is 0 Å². The van der Waals surface area contributed by atoms with E-state index in [9.17, 15) is 14.7 Å². The molecule has 1 N–H and O–H groups in total. The van der Waals surface area contributed by atoms with Gasteiger partial charge < -0.3 is 14.3 Å². The van der Waals surface area contributed by atoms with Gasteiger partial charge in [-0.05, 0) is 24.4 Å². The van der Waals surface area contributed by atoms with Gasteiger partial charge in [0.2, 0.25) is 0 Å². The van der Waals surface area contributed by atoms with Crippen molar-refractivity contribution in [1.82, 2.24) is 0 Å². The van der Waals surface area contributed by atoms with Crippen LogP contribution in [0.25, 0.3) is 10.8 Å². The number of hydrogen-bond acceptors (Lipinski definition) is 5. The highest BCUT2D eigenvalue weighted by molar-refractivity contribution is 5.90. The Kier molecular flexibility index (Phi) is 2.59. The highest BCUT2D eigenvalue weighted by Crippen LogP contribution is 2.28. The molecule has 2 aromatic rings. The van der Waals surface area contributed by atoms with Crippen molar-refractivity contribution in [2.24, 2.45) is 0 Å². The summed E-state index contributed by atoms with van der Waals surface area (Å²) in [6.45, 7) is 2.84. The van der Waals surface area contributed by atoms with Crippen molar-refractivity contribution in [1.29, 1.82) is 0 Å². The summed E-state index contributed by atoms with van der Waals surface area (Å²) in [5.41, 5.74) is -0.601. The Morgan fingerprint density at radius 1 is 1.35 bits per heavy atom. The van der Waals surface area contributed by atoms with Gasteiger partial charge in [-0.3, -0.25) is 4.79 Å². The number of carbonyl (C=O) groups excluding carboxylic acids is 1. The van der Waals surface area contributed by atoms with Crippen LogP contribution in [0.1, 0.15) is 12.7 Å². The molecule has 2 rings (SSSR count). The molecule has 0 aliphatic rings. The highest BCUT2D eigenvalue weighted by Gasteiger charge is 2.12. The van der Waals surface area contributed by atoms with Gasteiger partial charge in [-0.2, -0.15) is 0 Å². The van der Waals surface area contributed by atoms with Crippen molar-refractivity contribution in [2.45, 2.75) is 13.8 Å². The second-order valence-electron chi connectivity index (χ2n) is 3.65. The molecule has 1 aromatic carbocycles. The van der Waals surface area contributed by atoms with Crippen LogP contribution < -0.4 is 10.4 Å². The lowest BCUT2D eigenvalue weighted by Crippen LogP contribution is -2.07. The predicted molar refractivity (Wildman–Crippen MR) is 60.2 cm³/mol. The second kappa shape index (κ2) is 3.93. The number of phenolic OH excluding ortho intramolecular Hbond substituents is 1. The smallest absolute Gasteiger partial charge is 0.347 e. The van der Waals surface area contributed by atoms with Crippen molar-refractivity contribution in [2.75, 3.05) is 0 Å². The van der Waals surface area contributed by atoms with E-state index in [-0.39, 0.29) is 16.9 Å². The molecule has 0 fully saturated rings. The molecule has 0 saturated carbocycles. The first-order valence-corrected chi connectivity index (χ1v) is 4.93. The molecule has 0 aliphatic carbocycles. The van der Waals surface area contributed by atoms with Crippen LogP contribution in [-0.4, -0.2) is 11.1 Å². The first-order chi connectivity index (χ1) is 7.97. The third-order valence-corrected chi connectivity index (χ3v) is 2.19. The number of aryl methyl sites for hydroxylation is 1. The minimum Gasteiger partial charge on any atom is -0.508 e. The highest BCUT2D eigenvalue weighted by atomic mass is 16.5. The molecule has 1 heterocycles. The monoisotopic (exact) mass is 234 g/mol. The van der Waals surface area contributed by atoms with Crippen molar-refractivity contribution >= 4 is 16.7 Å². The molecule has 0 amide bonds. The fourth-order valence-electron chi connectivity index (χ4n) is 1.64. The number of ether oxygens (including phenoxy) is 1. The summed E-state index contributed by atoms with van der Waals surface area (Å²) in [4.78, 5) is 22.6. The maximum atomic E-state index is 11.7. The van der Waals surface area contributed by atoms with Crippen LogP contribution in [-0.2, 0) is 4.79 Å². The zero-order valence-corrected chi connectivity index (χ0v) is 9.31. The predicted octanol–water partition coefficient (Wildman–Crippen LogP) is 1.73. The number of phenols is 1. The summed E-state index contributed by atoms with van der Waals surface area (Å²) >= 11 is 0. The van der Waals surface area contributed by atoms with Gasteiger partial charge in [0.05, 0.1) is 0 Å². The van der Waals surface area contributed by atoms with E-state index in [0.717, 1.165) is 0 Å². The third kappa shape index (κ3) is 2.13. The number of benzene rings is 1. The summed E-state index contributed by atoms with van der Waals surface area (Å²) in [6.07, 6.45) is 0. The van der Waals surface area contributed by atoms with Crippen LogP contribution in [0.3, 0.4) is 0 Å². The van der Waals surface area contributed by atoms with Gasteiger partial charge in [-0.15, -0.1) is 0 Å². The maximum Gasteiger partial charge on any atom is 0.347 e. The molecule has 1 aromatic heterocycles. The molecular weight excluding hydrogens is 224 g/mol. The average molecular weight is 234 g/mol. The molecule has 0 unspecified atom stereocenters. The molecule has 0 aliphatic heterocycles. The largest absolute Gasteiger partial charge is 0.508 e. The number of rotatable bonds is 1. The Balaban J connectivity index is 2.82. The van der Waals surface area contributed by atoms with Crippen molar-refractivity contribution < 1.29 is 19.1 Å². The summed E-state index contributed by atoms with van der Waals surface area (Å²) in [6, 6.07) is 4.20. The van der Waals surface area contributed by atoms with E-state index in [4.69, 9.17) is 9.15 Å². The van der Waals surface area contributed by atoms with Crippen LogP contribution >= 0.6 is 0 Å². The number of fused-ring (bicyclic) bond motifs is 1. The molecule has 5 nitrogen and oxygen atoms in total. The van der Waals surface area contributed by atoms with E-state index in [1.807, 2.05) is 0 Å². The van der Waals surface area contributed by atoms with Gasteiger partial charge >= 0.3 is 11.6 Å². The molecule has 88 valence electrons. The van der Waals surface area contributed by atoms with Gasteiger partial charge in [-0.1, -0.05) is 0 Å². The fourth-order valence-corrected chi connectivity index (χ4v) is 1.64. The molecule has 0 radical (unpaired) electrons. The lowest BCUT2D eigenvalue weighted by molar-refractivity contribution is -0.131. The standard InChI is InChI=1S/C12H10O5/c1-6-3-8-4-9(14)5-10(17-7(2)13)11(8)12(15)16-6/h3-5,14H,1-2H3. The minimum absolute atomic E-state index is 0.00116. The van der Waals surface area contributed by atoms with Crippen molar-refractivity contribution in [3.63, 3.8) is 0 Å². The van der Waals surface area contributed by atoms with Crippen LogP contribution in [0.5, 0.6) is 11.5 Å². The molecule has 0 saturated heterocycles. The van der Waals surface area contributed by atoms with E-state index < -0.39 is 11.6 Å². The Hall–Kier alpha value is -2.30. The summed E-state index contributed by atoms with van der Waals surface area (Å²) in [7, 11) is 0. The quantitative estimate of drug-likeness (QED) is 0.600. The minimum atomic E-state index is -0.601. The summed E-state index contributed by atoms with van der Waals surface area (Å²) in [5.74, 6) is -0.237. The number of aromatic hydroxyl groups is 1. The molecule has 17 heavy (non-hydrogen) atoms. The molecule has 5 heteroatoms. The number of carbonyl (C=O) groups is 1. The zero-order valence-electron chi connectivity index (χ0n) is 9.31. The number of hydrogen-bond donors (Lipinski definition) is 1. The van der Waals surface area contributed by atoms with Gasteiger partial charge in [0.15, 0.2) is 0 Å². The summed E-state index contributed by atoms with van der Waals surface area (Å²) in [5, 5.41) is 10.1. The van der Waals surface area contributed by atoms with Gasteiger partial charge in [0, 0.05) is 13.0 Å². The SMILES string of the molecule is CC(=O)Oc1cc(O)cc2cc(C)oc(=O)c12. The molecule has 0 spiro atoms. The topological polar surface area (TPSA) is 76.7 Å². The fraction of sp³-hybridized carbons (Fsp3) is 0.167. The normalized spacial score (nSPS) is 10.5. The first kappa shape index (κ1) is 11.2. The van der Waals surface area contributed by atoms with Gasteiger partial charge in [0.25, 0.3) is 0 Å². The van der Waals surface area contributed by atoms with Gasteiger partial charge in [0.1, 0.15) is 22.6 Å². The lowest BCUT2D eigenvalue weighted by atomic mass is 10.1. The molecule has 0 atom stereocenters. The maximum absolute atomic E-state index is 11.7. The Labute approximate surface area is 96.2 Å². The van der Waals surface area contributed by atoms with Gasteiger partial charge in [-0.25, -0.2) is 4.79 Å². The Morgan fingerprint density at radius 2 is 2.06 bits per heavy atom. The summed E-state index contributed by atoms with van der Waals surface area (Å²) < 4.78 is 9.79. The third-order valence-electron chi connectivity index (χ3n) is 2.19. The zero-order chi connectivity index (χ0) is 12.6.